The number of sulfonamides is 1. The van der Waals surface area contributed by atoms with Gasteiger partial charge in [0.05, 0.1) is 10.5 Å². The molecule has 0 aromatic heterocycles. The summed E-state index contributed by atoms with van der Waals surface area (Å²) in [6.07, 6.45) is 3.90. The summed E-state index contributed by atoms with van der Waals surface area (Å²) in [5.74, 6) is 0. The van der Waals surface area contributed by atoms with Crippen LogP contribution in [0.4, 0.5) is 0 Å². The van der Waals surface area contributed by atoms with Crippen LogP contribution in [0, 0.1) is 11.3 Å². The largest absolute Gasteiger partial charge is 0.244 e. The van der Waals surface area contributed by atoms with E-state index in [1.54, 1.807) is 22.5 Å². The summed E-state index contributed by atoms with van der Waals surface area (Å²) >= 11 is 0. The normalized spacial score (nSPS) is 21.6. The van der Waals surface area contributed by atoms with E-state index in [2.05, 4.69) is 0 Å². The lowest BCUT2D eigenvalue weighted by Gasteiger charge is -2.26. The van der Waals surface area contributed by atoms with Crippen molar-refractivity contribution in [2.75, 3.05) is 6.54 Å². The van der Waals surface area contributed by atoms with Gasteiger partial charge in [-0.25, -0.2) is 8.42 Å². The van der Waals surface area contributed by atoms with E-state index in [1.807, 2.05) is 13.0 Å². The van der Waals surface area contributed by atoms with Crippen LogP contribution in [0.3, 0.4) is 0 Å². The van der Waals surface area contributed by atoms with Gasteiger partial charge in [-0.05, 0) is 31.9 Å². The van der Waals surface area contributed by atoms with E-state index in [4.69, 9.17) is 5.26 Å². The molecule has 1 fully saturated rings. The SMILES string of the molecule is CC1CCCCCN1S(=O)(=O)c1ccccc1C#N. The average molecular weight is 278 g/mol. The zero-order chi connectivity index (χ0) is 13.9. The van der Waals surface area contributed by atoms with Crippen molar-refractivity contribution in [2.45, 2.75) is 43.5 Å². The summed E-state index contributed by atoms with van der Waals surface area (Å²) in [4.78, 5) is 0.131. The molecule has 2 rings (SSSR count). The maximum absolute atomic E-state index is 12.7. The lowest BCUT2D eigenvalue weighted by atomic mass is 10.1. The zero-order valence-electron chi connectivity index (χ0n) is 11.0. The van der Waals surface area contributed by atoms with Gasteiger partial charge in [0.25, 0.3) is 0 Å². The first-order chi connectivity index (χ1) is 9.07. The molecule has 1 aliphatic heterocycles. The Labute approximate surface area is 114 Å². The summed E-state index contributed by atoms with van der Waals surface area (Å²) in [5.41, 5.74) is 0.221. The smallest absolute Gasteiger partial charge is 0.207 e. The average Bonchev–Trinajstić information content (AvgIpc) is 2.63. The predicted molar refractivity (Wildman–Crippen MR) is 73.0 cm³/mol. The Bertz CT molecular complexity index is 590. The highest BCUT2D eigenvalue weighted by molar-refractivity contribution is 7.89. The fraction of sp³-hybridized carbons (Fsp3) is 0.500. The maximum atomic E-state index is 12.7. The van der Waals surface area contributed by atoms with E-state index >= 15 is 0 Å². The van der Waals surface area contributed by atoms with Crippen molar-refractivity contribution < 1.29 is 8.42 Å². The zero-order valence-corrected chi connectivity index (χ0v) is 11.9. The number of nitrogens with zero attached hydrogens (tertiary/aromatic N) is 2. The molecule has 1 saturated heterocycles. The molecule has 1 aromatic rings. The molecule has 4 nitrogen and oxygen atoms in total. The highest BCUT2D eigenvalue weighted by atomic mass is 32.2. The lowest BCUT2D eigenvalue weighted by Crippen LogP contribution is -2.38. The summed E-state index contributed by atoms with van der Waals surface area (Å²) in [5, 5.41) is 9.07. The number of benzene rings is 1. The van der Waals surface area contributed by atoms with E-state index in [1.165, 1.54) is 6.07 Å². The Morgan fingerprint density at radius 2 is 2.00 bits per heavy atom. The van der Waals surface area contributed by atoms with Crippen LogP contribution in [0.2, 0.25) is 0 Å². The van der Waals surface area contributed by atoms with Crippen LogP contribution in [0.1, 0.15) is 38.2 Å². The van der Waals surface area contributed by atoms with Gasteiger partial charge in [0.15, 0.2) is 0 Å². The lowest BCUT2D eigenvalue weighted by molar-refractivity contribution is 0.342. The molecule has 0 saturated carbocycles. The van der Waals surface area contributed by atoms with Gasteiger partial charge in [-0.1, -0.05) is 25.0 Å². The van der Waals surface area contributed by atoms with Gasteiger partial charge in [-0.2, -0.15) is 9.57 Å². The van der Waals surface area contributed by atoms with Gasteiger partial charge in [0.2, 0.25) is 10.0 Å². The number of hydrogen-bond acceptors (Lipinski definition) is 3. The highest BCUT2D eigenvalue weighted by Crippen LogP contribution is 2.26. The first-order valence-corrected chi connectivity index (χ1v) is 8.02. The minimum absolute atomic E-state index is 0.000695. The Morgan fingerprint density at radius 1 is 1.26 bits per heavy atom. The Balaban J connectivity index is 2.44. The van der Waals surface area contributed by atoms with Crippen molar-refractivity contribution in [3.63, 3.8) is 0 Å². The topological polar surface area (TPSA) is 61.2 Å². The van der Waals surface area contributed by atoms with Crippen molar-refractivity contribution in [2.24, 2.45) is 0 Å². The molecule has 1 aliphatic rings. The first-order valence-electron chi connectivity index (χ1n) is 6.58. The van der Waals surface area contributed by atoms with Crippen molar-refractivity contribution in [1.82, 2.24) is 4.31 Å². The molecule has 0 bridgehead atoms. The van der Waals surface area contributed by atoms with E-state index in [0.717, 1.165) is 25.7 Å². The van der Waals surface area contributed by atoms with Gasteiger partial charge < -0.3 is 0 Å². The minimum atomic E-state index is -3.57. The van der Waals surface area contributed by atoms with Crippen molar-refractivity contribution >= 4 is 10.0 Å². The standard InChI is InChI=1S/C14H18N2O2S/c1-12-7-3-2-6-10-16(12)19(17,18)14-9-5-4-8-13(14)11-15/h4-5,8-9,12H,2-3,6-7,10H2,1H3. The van der Waals surface area contributed by atoms with Gasteiger partial charge >= 0.3 is 0 Å². The minimum Gasteiger partial charge on any atom is -0.207 e. The third kappa shape index (κ3) is 2.80. The summed E-state index contributed by atoms with van der Waals surface area (Å²) in [6, 6.07) is 8.38. The van der Waals surface area contributed by atoms with Gasteiger partial charge in [-0.3, -0.25) is 0 Å². The number of rotatable bonds is 2. The molecular weight excluding hydrogens is 260 g/mol. The molecule has 19 heavy (non-hydrogen) atoms. The second-order valence-corrected chi connectivity index (χ2v) is 6.78. The fourth-order valence-corrected chi connectivity index (χ4v) is 4.36. The van der Waals surface area contributed by atoms with E-state index in [0.29, 0.717) is 6.54 Å². The molecule has 1 unspecified atom stereocenters. The molecule has 102 valence electrons. The van der Waals surface area contributed by atoms with Crippen LogP contribution in [0.25, 0.3) is 0 Å². The van der Waals surface area contributed by atoms with Crippen LogP contribution in [-0.2, 0) is 10.0 Å². The van der Waals surface area contributed by atoms with Gasteiger partial charge in [0, 0.05) is 12.6 Å². The van der Waals surface area contributed by atoms with Crippen LogP contribution < -0.4 is 0 Å². The van der Waals surface area contributed by atoms with E-state index in [9.17, 15) is 8.42 Å². The molecule has 5 heteroatoms. The summed E-state index contributed by atoms with van der Waals surface area (Å²) in [6.45, 7) is 2.49. The third-order valence-corrected chi connectivity index (χ3v) is 5.66. The molecule has 0 amide bonds. The summed E-state index contributed by atoms with van der Waals surface area (Å²) < 4.78 is 27.0. The number of hydrogen-bond donors (Lipinski definition) is 0. The van der Waals surface area contributed by atoms with Crippen LogP contribution in [0.5, 0.6) is 0 Å². The van der Waals surface area contributed by atoms with E-state index in [-0.39, 0.29) is 16.5 Å². The molecule has 0 radical (unpaired) electrons. The Hall–Kier alpha value is -1.38. The second kappa shape index (κ2) is 5.72. The molecule has 1 atom stereocenters. The van der Waals surface area contributed by atoms with Gasteiger partial charge in [0.1, 0.15) is 6.07 Å². The van der Waals surface area contributed by atoms with Crippen LogP contribution in [0.15, 0.2) is 29.2 Å². The van der Waals surface area contributed by atoms with Crippen molar-refractivity contribution in [3.8, 4) is 6.07 Å². The predicted octanol–water partition coefficient (Wildman–Crippen LogP) is 2.51. The first kappa shape index (κ1) is 14.0. The molecule has 0 spiro atoms. The summed E-state index contributed by atoms with van der Waals surface area (Å²) in [7, 11) is -3.57. The Kier molecular flexibility index (Phi) is 4.23. The maximum Gasteiger partial charge on any atom is 0.244 e. The molecule has 0 aliphatic carbocycles. The van der Waals surface area contributed by atoms with Crippen LogP contribution >= 0.6 is 0 Å². The van der Waals surface area contributed by atoms with Gasteiger partial charge in [-0.15, -0.1) is 0 Å². The Morgan fingerprint density at radius 3 is 2.74 bits per heavy atom. The fourth-order valence-electron chi connectivity index (χ4n) is 2.52. The quantitative estimate of drug-likeness (QED) is 0.835. The molecule has 0 N–H and O–H groups in total. The van der Waals surface area contributed by atoms with E-state index < -0.39 is 10.0 Å². The monoisotopic (exact) mass is 278 g/mol. The van der Waals surface area contributed by atoms with Crippen molar-refractivity contribution in [3.05, 3.63) is 29.8 Å². The second-order valence-electron chi connectivity index (χ2n) is 4.92. The molecule has 1 heterocycles. The van der Waals surface area contributed by atoms with Crippen LogP contribution in [-0.4, -0.2) is 25.3 Å². The number of nitriles is 1. The van der Waals surface area contributed by atoms with Crippen molar-refractivity contribution in [1.29, 1.82) is 5.26 Å². The molecule has 1 aromatic carbocycles. The third-order valence-electron chi connectivity index (χ3n) is 3.59. The molecular formula is C14H18N2O2S. The highest BCUT2D eigenvalue weighted by Gasteiger charge is 2.31.